The second-order valence-corrected chi connectivity index (χ2v) is 10.7. The lowest BCUT2D eigenvalue weighted by Gasteiger charge is -2.40. The summed E-state index contributed by atoms with van der Waals surface area (Å²) in [5, 5.41) is 9.02. The van der Waals surface area contributed by atoms with Crippen LogP contribution in [0.15, 0.2) is 29.3 Å². The molecule has 0 N–H and O–H groups in total. The van der Waals surface area contributed by atoms with Crippen LogP contribution in [0.3, 0.4) is 0 Å². The van der Waals surface area contributed by atoms with Gasteiger partial charge in [-0.2, -0.15) is 10.3 Å². The number of nitrogens with zero attached hydrogens (tertiary/aromatic N) is 4. The monoisotopic (exact) mass is 470 g/mol. The first-order valence-electron chi connectivity index (χ1n) is 11.8. The second-order valence-electron chi connectivity index (χ2n) is 10.7. The second kappa shape index (κ2) is 11.5. The summed E-state index contributed by atoms with van der Waals surface area (Å²) in [6.45, 7) is 15.8. The van der Waals surface area contributed by atoms with E-state index in [-0.39, 0.29) is 12.1 Å². The Hall–Kier alpha value is -2.92. The number of carbonyl (C=O) groups is 2. The molecule has 0 spiro atoms. The Morgan fingerprint density at radius 3 is 2.21 bits per heavy atom. The average Bonchev–Trinajstić information content (AvgIpc) is 2.70. The van der Waals surface area contributed by atoms with Crippen LogP contribution < -0.4 is 0 Å². The van der Waals surface area contributed by atoms with Crippen LogP contribution in [0.25, 0.3) is 0 Å². The van der Waals surface area contributed by atoms with Crippen LogP contribution in [-0.2, 0) is 15.9 Å². The molecule has 8 nitrogen and oxygen atoms in total. The largest absolute Gasteiger partial charge is 0.444 e. The number of rotatable bonds is 5. The maximum atomic E-state index is 12.5. The van der Waals surface area contributed by atoms with Crippen LogP contribution in [0, 0.1) is 11.3 Å². The highest BCUT2D eigenvalue weighted by molar-refractivity contribution is 5.94. The van der Waals surface area contributed by atoms with Gasteiger partial charge in [0.05, 0.1) is 11.6 Å². The molecule has 0 unspecified atom stereocenters. The number of hydrogen-bond acceptors (Lipinski definition) is 6. The topological polar surface area (TPSA) is 95.2 Å². The van der Waals surface area contributed by atoms with E-state index in [1.807, 2.05) is 60.6 Å². The molecule has 1 aromatic carbocycles. The van der Waals surface area contributed by atoms with E-state index >= 15 is 0 Å². The molecule has 8 heteroatoms. The minimum absolute atomic E-state index is 0.0216. The number of aliphatic imine (C=N–C) groups is 1. The standard InChI is InChI=1S/C26H38N4O4/c1-19-18-29(14-15-30(19)24(32)34-26(5,6)7)13-12-22(28-23(31)33-25(2,3)4)16-20-8-10-21(17-27)11-9-20/h8-11,19H,12-16,18H2,1-7H3/t19-/m1/s1. The Balaban J connectivity index is 2.03. The fourth-order valence-electron chi connectivity index (χ4n) is 3.65. The smallest absolute Gasteiger partial charge is 0.434 e. The molecule has 2 rings (SSSR count). The molecular weight excluding hydrogens is 432 g/mol. The number of hydrogen-bond donors (Lipinski definition) is 0. The third kappa shape index (κ3) is 9.52. The van der Waals surface area contributed by atoms with Gasteiger partial charge in [0.25, 0.3) is 0 Å². The number of ether oxygens (including phenoxy) is 2. The predicted octanol–water partition coefficient (Wildman–Crippen LogP) is 4.81. The molecule has 0 saturated carbocycles. The third-order valence-corrected chi connectivity index (χ3v) is 5.19. The number of nitriles is 1. The molecule has 0 aliphatic carbocycles. The van der Waals surface area contributed by atoms with Gasteiger partial charge in [-0.1, -0.05) is 12.1 Å². The van der Waals surface area contributed by atoms with E-state index in [0.29, 0.717) is 31.5 Å². The Kier molecular flexibility index (Phi) is 9.22. The predicted molar refractivity (Wildman–Crippen MR) is 132 cm³/mol. The van der Waals surface area contributed by atoms with Gasteiger partial charge in [0.2, 0.25) is 0 Å². The Morgan fingerprint density at radius 1 is 1.06 bits per heavy atom. The van der Waals surface area contributed by atoms with Crippen molar-refractivity contribution < 1.29 is 19.1 Å². The molecule has 1 heterocycles. The summed E-state index contributed by atoms with van der Waals surface area (Å²) in [6.07, 6.45) is 0.212. The first kappa shape index (κ1) is 27.3. The van der Waals surface area contributed by atoms with E-state index in [1.54, 1.807) is 17.0 Å². The van der Waals surface area contributed by atoms with Gasteiger partial charge >= 0.3 is 12.2 Å². The first-order valence-corrected chi connectivity index (χ1v) is 11.8. The van der Waals surface area contributed by atoms with Crippen molar-refractivity contribution in [1.82, 2.24) is 9.80 Å². The van der Waals surface area contributed by atoms with Crippen molar-refractivity contribution in [2.45, 2.75) is 78.6 Å². The quantitative estimate of drug-likeness (QED) is 0.573. The SMILES string of the molecule is C[C@@H]1CN(CCC(Cc2ccc(C#N)cc2)=NC(=O)OC(C)(C)C)CCN1C(=O)OC(C)(C)C. The molecule has 1 aliphatic rings. The molecule has 0 radical (unpaired) electrons. The van der Waals surface area contributed by atoms with E-state index in [9.17, 15) is 9.59 Å². The fraction of sp³-hybridized carbons (Fsp3) is 0.615. The molecular formula is C26H38N4O4. The van der Waals surface area contributed by atoms with Crippen LogP contribution in [-0.4, -0.2) is 71.1 Å². The number of piperazine rings is 1. The van der Waals surface area contributed by atoms with Crippen LogP contribution in [0.2, 0.25) is 0 Å². The van der Waals surface area contributed by atoms with Crippen molar-refractivity contribution in [2.24, 2.45) is 4.99 Å². The highest BCUT2D eigenvalue weighted by Gasteiger charge is 2.30. The van der Waals surface area contributed by atoms with Gasteiger partial charge in [0.15, 0.2) is 0 Å². The van der Waals surface area contributed by atoms with Crippen molar-refractivity contribution in [3.05, 3.63) is 35.4 Å². The van der Waals surface area contributed by atoms with Gasteiger partial charge in [0, 0.05) is 44.4 Å². The van der Waals surface area contributed by atoms with Gasteiger partial charge in [-0.15, -0.1) is 0 Å². The van der Waals surface area contributed by atoms with Crippen LogP contribution >= 0.6 is 0 Å². The Bertz CT molecular complexity index is 920. The minimum atomic E-state index is -0.617. The molecule has 34 heavy (non-hydrogen) atoms. The van der Waals surface area contributed by atoms with Crippen molar-refractivity contribution in [1.29, 1.82) is 5.26 Å². The fourth-order valence-corrected chi connectivity index (χ4v) is 3.65. The zero-order chi connectivity index (χ0) is 25.5. The zero-order valence-electron chi connectivity index (χ0n) is 21.6. The van der Waals surface area contributed by atoms with E-state index in [4.69, 9.17) is 14.7 Å². The molecule has 186 valence electrons. The van der Waals surface area contributed by atoms with Gasteiger partial charge in [-0.05, 0) is 72.6 Å². The average molecular weight is 471 g/mol. The summed E-state index contributed by atoms with van der Waals surface area (Å²) in [5.41, 5.74) is 1.15. The molecule has 0 bridgehead atoms. The summed E-state index contributed by atoms with van der Waals surface area (Å²) in [4.78, 5) is 33.2. The Labute approximate surface area is 203 Å². The summed E-state index contributed by atoms with van der Waals surface area (Å²) in [5.74, 6) is 0. The summed E-state index contributed by atoms with van der Waals surface area (Å²) >= 11 is 0. The number of carbonyl (C=O) groups excluding carboxylic acids is 2. The highest BCUT2D eigenvalue weighted by atomic mass is 16.6. The molecule has 1 aromatic rings. The normalized spacial score (nSPS) is 17.8. The summed E-state index contributed by atoms with van der Waals surface area (Å²) < 4.78 is 10.9. The summed E-state index contributed by atoms with van der Waals surface area (Å²) in [6, 6.07) is 9.42. The van der Waals surface area contributed by atoms with Crippen LogP contribution in [0.1, 0.15) is 66.0 Å². The molecule has 2 amide bonds. The molecule has 1 aliphatic heterocycles. The van der Waals surface area contributed by atoms with Crippen LogP contribution in [0.5, 0.6) is 0 Å². The number of amides is 2. The van der Waals surface area contributed by atoms with Crippen molar-refractivity contribution in [2.75, 3.05) is 26.2 Å². The summed E-state index contributed by atoms with van der Waals surface area (Å²) in [7, 11) is 0. The van der Waals surface area contributed by atoms with E-state index in [2.05, 4.69) is 16.0 Å². The third-order valence-electron chi connectivity index (χ3n) is 5.19. The van der Waals surface area contributed by atoms with Gasteiger partial charge in [-0.25, -0.2) is 9.59 Å². The number of benzene rings is 1. The highest BCUT2D eigenvalue weighted by Crippen LogP contribution is 2.17. The molecule has 1 atom stereocenters. The zero-order valence-corrected chi connectivity index (χ0v) is 21.6. The van der Waals surface area contributed by atoms with Crippen LogP contribution in [0.4, 0.5) is 9.59 Å². The van der Waals surface area contributed by atoms with Gasteiger partial charge < -0.3 is 14.4 Å². The maximum absolute atomic E-state index is 12.5. The lowest BCUT2D eigenvalue weighted by molar-refractivity contribution is 0.00174. The lowest BCUT2D eigenvalue weighted by Crippen LogP contribution is -2.55. The van der Waals surface area contributed by atoms with E-state index < -0.39 is 17.3 Å². The van der Waals surface area contributed by atoms with Gasteiger partial charge in [0.1, 0.15) is 11.2 Å². The van der Waals surface area contributed by atoms with Crippen molar-refractivity contribution in [3.63, 3.8) is 0 Å². The molecule has 0 aromatic heterocycles. The molecule has 1 fully saturated rings. The molecule has 1 saturated heterocycles. The van der Waals surface area contributed by atoms with Gasteiger partial charge in [-0.3, -0.25) is 4.90 Å². The lowest BCUT2D eigenvalue weighted by atomic mass is 10.0. The Morgan fingerprint density at radius 2 is 1.68 bits per heavy atom. The van der Waals surface area contributed by atoms with Crippen molar-refractivity contribution in [3.8, 4) is 6.07 Å². The van der Waals surface area contributed by atoms with E-state index in [1.165, 1.54) is 0 Å². The minimum Gasteiger partial charge on any atom is -0.444 e. The first-order chi connectivity index (χ1) is 15.8. The van der Waals surface area contributed by atoms with E-state index in [0.717, 1.165) is 24.4 Å². The maximum Gasteiger partial charge on any atom is 0.434 e. The van der Waals surface area contributed by atoms with Crippen molar-refractivity contribution >= 4 is 17.9 Å².